The van der Waals surface area contributed by atoms with Crippen molar-refractivity contribution >= 4 is 0 Å². The highest BCUT2D eigenvalue weighted by Crippen LogP contribution is 2.36. The minimum Gasteiger partial charge on any atom is -0.103 e. The topological polar surface area (TPSA) is 48.8 Å². The maximum atomic E-state index is 8.27. The molecule has 0 aromatic rings. The molecule has 0 N–H and O–H groups in total. The molecule has 0 amide bonds. The first-order valence-electron chi connectivity index (χ1n) is 4.95. The second-order valence-corrected chi connectivity index (χ2v) is 5.39. The number of hydrogen-bond donors (Lipinski definition) is 0. The lowest BCUT2D eigenvalue weighted by molar-refractivity contribution is 0.203. The zero-order chi connectivity index (χ0) is 11.2. The van der Waals surface area contributed by atoms with E-state index in [9.17, 15) is 0 Å². The molecule has 0 aromatic carbocycles. The van der Waals surface area contributed by atoms with Crippen LogP contribution in [-0.4, -0.2) is 6.54 Å². The summed E-state index contributed by atoms with van der Waals surface area (Å²) in [4.78, 5) is 2.80. The molecule has 80 valence electrons. The van der Waals surface area contributed by atoms with Crippen LogP contribution >= 0.6 is 0 Å². The summed E-state index contributed by atoms with van der Waals surface area (Å²) in [6.45, 7) is 13.0. The molecule has 0 aliphatic heterocycles. The Balaban J connectivity index is 4.31. The second kappa shape index (κ2) is 5.06. The summed E-state index contributed by atoms with van der Waals surface area (Å²) in [5.41, 5.74) is 8.57. The van der Waals surface area contributed by atoms with Crippen LogP contribution in [0.1, 0.15) is 40.5 Å². The van der Waals surface area contributed by atoms with E-state index in [0.29, 0.717) is 6.54 Å². The Morgan fingerprint density at radius 1 is 1.29 bits per heavy atom. The summed E-state index contributed by atoms with van der Waals surface area (Å²) in [5, 5.41) is 3.64. The van der Waals surface area contributed by atoms with E-state index in [1.54, 1.807) is 0 Å². The molecule has 0 aliphatic rings. The quantitative estimate of drug-likeness (QED) is 0.262. The van der Waals surface area contributed by atoms with Crippen molar-refractivity contribution in [2.24, 2.45) is 15.9 Å². The van der Waals surface area contributed by atoms with Gasteiger partial charge in [0, 0.05) is 11.5 Å². The zero-order valence-corrected chi connectivity index (χ0v) is 9.75. The lowest BCUT2D eigenvalue weighted by Gasteiger charge is -2.33. The Morgan fingerprint density at radius 2 is 1.86 bits per heavy atom. The molecule has 0 unspecified atom stereocenters. The molecule has 3 heteroatoms. The summed E-state index contributed by atoms with van der Waals surface area (Å²) in [5.74, 6) is 0. The molecule has 0 radical (unpaired) electrons. The van der Waals surface area contributed by atoms with Gasteiger partial charge >= 0.3 is 0 Å². The van der Waals surface area contributed by atoms with Gasteiger partial charge < -0.3 is 0 Å². The molecule has 0 aliphatic carbocycles. The number of allylic oxidation sites excluding steroid dienone is 1. The van der Waals surface area contributed by atoms with Crippen molar-refractivity contribution in [1.29, 1.82) is 0 Å². The van der Waals surface area contributed by atoms with Crippen LogP contribution in [0.15, 0.2) is 17.8 Å². The Bertz CT molecular complexity index is 235. The van der Waals surface area contributed by atoms with Gasteiger partial charge in [0.05, 0.1) is 0 Å². The minimum atomic E-state index is 0.0682. The van der Waals surface area contributed by atoms with Gasteiger partial charge in [-0.1, -0.05) is 38.9 Å². The monoisotopic (exact) mass is 195 g/mol. The molecule has 0 rings (SSSR count). The van der Waals surface area contributed by atoms with E-state index in [2.05, 4.69) is 44.3 Å². The van der Waals surface area contributed by atoms with Gasteiger partial charge in [-0.25, -0.2) is 0 Å². The van der Waals surface area contributed by atoms with Crippen LogP contribution in [0.2, 0.25) is 0 Å². The van der Waals surface area contributed by atoms with Gasteiger partial charge in [-0.3, -0.25) is 0 Å². The third kappa shape index (κ3) is 5.65. The number of hydrogen-bond acceptors (Lipinski definition) is 1. The first kappa shape index (κ1) is 13.1. The van der Waals surface area contributed by atoms with E-state index in [-0.39, 0.29) is 10.8 Å². The summed E-state index contributed by atoms with van der Waals surface area (Å²) < 4.78 is 0. The van der Waals surface area contributed by atoms with Crippen LogP contribution in [0.4, 0.5) is 0 Å². The van der Waals surface area contributed by atoms with Crippen LogP contribution in [0.5, 0.6) is 0 Å². The highest BCUT2D eigenvalue weighted by molar-refractivity contribution is 4.85. The molecular formula is C11H21N3. The summed E-state index contributed by atoms with van der Waals surface area (Å²) in [6.07, 6.45) is 3.97. The van der Waals surface area contributed by atoms with Crippen LogP contribution in [0, 0.1) is 10.8 Å². The predicted molar refractivity (Wildman–Crippen MR) is 61.0 cm³/mol. The Hall–Kier alpha value is -0.950. The van der Waals surface area contributed by atoms with Crippen LogP contribution in [0.25, 0.3) is 10.4 Å². The summed E-state index contributed by atoms with van der Waals surface area (Å²) >= 11 is 0. The fourth-order valence-electron chi connectivity index (χ4n) is 2.04. The standard InChI is InChI=1S/C11H21N3/c1-6-7-10(2,3)8-11(4,5)9-13-14-12/h6H,1,7-9H2,2-5H3. The Labute approximate surface area is 86.8 Å². The van der Waals surface area contributed by atoms with E-state index in [0.717, 1.165) is 12.8 Å². The maximum absolute atomic E-state index is 8.27. The molecule has 0 bridgehead atoms. The van der Waals surface area contributed by atoms with Crippen molar-refractivity contribution in [2.45, 2.75) is 40.5 Å². The zero-order valence-electron chi connectivity index (χ0n) is 9.75. The van der Waals surface area contributed by atoms with E-state index >= 15 is 0 Å². The van der Waals surface area contributed by atoms with Crippen LogP contribution in [-0.2, 0) is 0 Å². The van der Waals surface area contributed by atoms with E-state index in [1.807, 2.05) is 6.08 Å². The molecule has 0 spiro atoms. The average Bonchev–Trinajstić information content (AvgIpc) is 1.98. The maximum Gasteiger partial charge on any atom is 0.0309 e. The fraction of sp³-hybridized carbons (Fsp3) is 0.818. The van der Waals surface area contributed by atoms with Crippen molar-refractivity contribution in [3.05, 3.63) is 23.1 Å². The molecule has 14 heavy (non-hydrogen) atoms. The van der Waals surface area contributed by atoms with Gasteiger partial charge in [-0.05, 0) is 29.2 Å². The van der Waals surface area contributed by atoms with Crippen molar-refractivity contribution in [3.63, 3.8) is 0 Å². The number of azide groups is 1. The van der Waals surface area contributed by atoms with Gasteiger partial charge in [0.25, 0.3) is 0 Å². The average molecular weight is 195 g/mol. The fourth-order valence-corrected chi connectivity index (χ4v) is 2.04. The molecule has 3 nitrogen and oxygen atoms in total. The van der Waals surface area contributed by atoms with Crippen LogP contribution < -0.4 is 0 Å². The van der Waals surface area contributed by atoms with Gasteiger partial charge in [0.1, 0.15) is 0 Å². The SMILES string of the molecule is C=CCC(C)(C)CC(C)(C)CN=[N+]=[N-]. The lowest BCUT2D eigenvalue weighted by atomic mass is 9.73. The van der Waals surface area contributed by atoms with Crippen molar-refractivity contribution < 1.29 is 0 Å². The third-order valence-electron chi connectivity index (χ3n) is 2.22. The van der Waals surface area contributed by atoms with Gasteiger partial charge in [-0.2, -0.15) is 0 Å². The predicted octanol–water partition coefficient (Wildman–Crippen LogP) is 4.32. The largest absolute Gasteiger partial charge is 0.103 e. The van der Waals surface area contributed by atoms with E-state index in [1.165, 1.54) is 0 Å². The first-order valence-corrected chi connectivity index (χ1v) is 4.95. The first-order chi connectivity index (χ1) is 6.33. The van der Waals surface area contributed by atoms with Gasteiger partial charge in [-0.15, -0.1) is 6.58 Å². The van der Waals surface area contributed by atoms with Crippen molar-refractivity contribution in [3.8, 4) is 0 Å². The van der Waals surface area contributed by atoms with Gasteiger partial charge in [0.2, 0.25) is 0 Å². The van der Waals surface area contributed by atoms with Crippen molar-refractivity contribution in [1.82, 2.24) is 0 Å². The summed E-state index contributed by atoms with van der Waals surface area (Å²) in [7, 11) is 0. The smallest absolute Gasteiger partial charge is 0.0309 e. The van der Waals surface area contributed by atoms with Crippen molar-refractivity contribution in [2.75, 3.05) is 6.54 Å². The highest BCUT2D eigenvalue weighted by atomic mass is 15.1. The second-order valence-electron chi connectivity index (χ2n) is 5.39. The minimum absolute atomic E-state index is 0.0682. The molecular weight excluding hydrogens is 174 g/mol. The van der Waals surface area contributed by atoms with E-state index in [4.69, 9.17) is 5.53 Å². The molecule has 0 saturated carbocycles. The summed E-state index contributed by atoms with van der Waals surface area (Å²) in [6, 6.07) is 0. The molecule has 0 heterocycles. The Kier molecular flexibility index (Phi) is 4.72. The van der Waals surface area contributed by atoms with Gasteiger partial charge in [0.15, 0.2) is 0 Å². The molecule has 0 aromatic heterocycles. The number of rotatable bonds is 6. The molecule has 0 atom stereocenters. The molecule has 0 fully saturated rings. The van der Waals surface area contributed by atoms with E-state index < -0.39 is 0 Å². The lowest BCUT2D eigenvalue weighted by Crippen LogP contribution is -2.25. The third-order valence-corrected chi connectivity index (χ3v) is 2.22. The Morgan fingerprint density at radius 3 is 2.29 bits per heavy atom. The van der Waals surface area contributed by atoms with Crippen LogP contribution in [0.3, 0.4) is 0 Å². The number of nitrogens with zero attached hydrogens (tertiary/aromatic N) is 3. The normalized spacial score (nSPS) is 12.0. The molecule has 0 saturated heterocycles. The highest BCUT2D eigenvalue weighted by Gasteiger charge is 2.27.